The van der Waals surface area contributed by atoms with Crippen molar-refractivity contribution in [1.29, 1.82) is 0 Å². The van der Waals surface area contributed by atoms with Gasteiger partial charge in [-0.3, -0.25) is 0 Å². The van der Waals surface area contributed by atoms with Crippen LogP contribution in [-0.2, 0) is 0 Å². The fourth-order valence-electron chi connectivity index (χ4n) is 2.55. The number of hydrogen-bond donors (Lipinski definition) is 0. The average Bonchev–Trinajstić information content (AvgIpc) is 2.40. The lowest BCUT2D eigenvalue weighted by Gasteiger charge is -2.13. The van der Waals surface area contributed by atoms with Crippen LogP contribution in [0.1, 0.15) is 0 Å². The summed E-state index contributed by atoms with van der Waals surface area (Å²) in [6.45, 7) is 0. The van der Waals surface area contributed by atoms with Crippen molar-refractivity contribution >= 4 is 34.9 Å². The molecular weight excluding hydrogens is 207 g/mol. The van der Waals surface area contributed by atoms with E-state index in [0.717, 1.165) is 5.75 Å². The maximum atomic E-state index is 5.57. The summed E-state index contributed by atoms with van der Waals surface area (Å²) in [5.41, 5.74) is 1.21. The van der Waals surface area contributed by atoms with Gasteiger partial charge in [0.1, 0.15) is 13.6 Å². The molecule has 82 valence electrons. The normalized spacial score (nSPS) is 10.9. The Labute approximate surface area is 101 Å². The molecule has 0 amide bonds. The van der Waals surface area contributed by atoms with Crippen molar-refractivity contribution in [3.05, 3.63) is 48.5 Å². The second-order valence-electron chi connectivity index (χ2n) is 4.25. The highest BCUT2D eigenvalue weighted by Crippen LogP contribution is 2.30. The van der Waals surface area contributed by atoms with E-state index in [1.165, 1.54) is 27.0 Å². The smallest absolute Gasteiger partial charge is 0.145 e. The Hall–Kier alpha value is -1.96. The number of rotatable bonds is 1. The average molecular weight is 220 g/mol. The molecule has 3 aromatic rings. The van der Waals surface area contributed by atoms with Gasteiger partial charge in [-0.15, -0.1) is 0 Å². The Morgan fingerprint density at radius 1 is 0.765 bits per heavy atom. The second-order valence-corrected chi connectivity index (χ2v) is 4.25. The van der Waals surface area contributed by atoms with Crippen LogP contribution in [0.4, 0.5) is 0 Å². The Morgan fingerprint density at radius 3 is 1.82 bits per heavy atom. The van der Waals surface area contributed by atoms with Gasteiger partial charge in [0.25, 0.3) is 0 Å². The molecule has 0 aliphatic heterocycles. The maximum absolute atomic E-state index is 5.57. The molecular formula is C15H13BO. The molecule has 3 aromatic carbocycles. The molecule has 2 heteroatoms. The van der Waals surface area contributed by atoms with Gasteiger partial charge in [0.2, 0.25) is 0 Å². The van der Waals surface area contributed by atoms with Gasteiger partial charge in [-0.25, -0.2) is 0 Å². The Balaban J connectivity index is 2.64. The first-order valence-electron chi connectivity index (χ1n) is 5.77. The summed E-state index contributed by atoms with van der Waals surface area (Å²) in [6.07, 6.45) is 0. The lowest BCUT2D eigenvalue weighted by molar-refractivity contribution is 0.423. The second kappa shape index (κ2) is 3.81. The highest BCUT2D eigenvalue weighted by molar-refractivity contribution is 6.43. The van der Waals surface area contributed by atoms with E-state index in [4.69, 9.17) is 4.74 Å². The van der Waals surface area contributed by atoms with E-state index in [1.54, 1.807) is 7.11 Å². The van der Waals surface area contributed by atoms with Gasteiger partial charge < -0.3 is 4.74 Å². The molecule has 17 heavy (non-hydrogen) atoms. The predicted octanol–water partition coefficient (Wildman–Crippen LogP) is 2.26. The zero-order valence-corrected chi connectivity index (χ0v) is 10.0. The van der Waals surface area contributed by atoms with Crippen LogP contribution in [0, 0.1) is 0 Å². The van der Waals surface area contributed by atoms with E-state index in [0.29, 0.717) is 0 Å². The van der Waals surface area contributed by atoms with Crippen LogP contribution in [0.15, 0.2) is 48.5 Å². The molecule has 0 radical (unpaired) electrons. The van der Waals surface area contributed by atoms with Gasteiger partial charge in [0, 0.05) is 5.39 Å². The molecule has 0 aliphatic carbocycles. The lowest BCUT2D eigenvalue weighted by atomic mass is 9.85. The fourth-order valence-corrected chi connectivity index (χ4v) is 2.55. The summed E-state index contributed by atoms with van der Waals surface area (Å²) in [4.78, 5) is 0. The summed E-state index contributed by atoms with van der Waals surface area (Å²) in [7, 11) is 3.86. The lowest BCUT2D eigenvalue weighted by Crippen LogP contribution is -2.09. The minimum absolute atomic E-state index is 0.985. The van der Waals surface area contributed by atoms with Crippen LogP contribution in [-0.4, -0.2) is 15.0 Å². The van der Waals surface area contributed by atoms with Crippen LogP contribution in [0.3, 0.4) is 0 Å². The van der Waals surface area contributed by atoms with Crippen molar-refractivity contribution in [2.45, 2.75) is 0 Å². The molecule has 3 rings (SSSR count). The van der Waals surface area contributed by atoms with Gasteiger partial charge in [-0.05, 0) is 21.6 Å². The largest absolute Gasteiger partial charge is 0.497 e. The number of benzene rings is 3. The van der Waals surface area contributed by atoms with Crippen LogP contribution in [0.25, 0.3) is 21.5 Å². The highest BCUT2D eigenvalue weighted by atomic mass is 16.5. The third-order valence-electron chi connectivity index (χ3n) is 3.34. The monoisotopic (exact) mass is 220 g/mol. The zero-order valence-electron chi connectivity index (χ0n) is 10.0. The molecule has 0 atom stereocenters. The first kappa shape index (κ1) is 10.2. The minimum atomic E-state index is 0.985. The first-order chi connectivity index (χ1) is 8.33. The summed E-state index contributed by atoms with van der Waals surface area (Å²) >= 11 is 0. The molecule has 0 saturated carbocycles. The maximum Gasteiger partial charge on any atom is 0.145 e. The number of ether oxygens (including phenoxy) is 1. The van der Waals surface area contributed by atoms with Gasteiger partial charge in [-0.1, -0.05) is 48.5 Å². The molecule has 0 saturated heterocycles. The SMILES string of the molecule is Bc1c(OC)c2ccccc2c2ccccc12. The van der Waals surface area contributed by atoms with E-state index in [9.17, 15) is 0 Å². The molecule has 0 aromatic heterocycles. The van der Waals surface area contributed by atoms with Crippen molar-refractivity contribution in [3.8, 4) is 5.75 Å². The predicted molar refractivity (Wildman–Crippen MR) is 76.2 cm³/mol. The molecule has 1 nitrogen and oxygen atoms in total. The number of methoxy groups -OCH3 is 1. The summed E-state index contributed by atoms with van der Waals surface area (Å²) < 4.78 is 5.57. The third-order valence-corrected chi connectivity index (χ3v) is 3.34. The summed E-state index contributed by atoms with van der Waals surface area (Å²) in [5.74, 6) is 0.985. The molecule has 0 fully saturated rings. The highest BCUT2D eigenvalue weighted by Gasteiger charge is 2.10. The van der Waals surface area contributed by atoms with Crippen LogP contribution >= 0.6 is 0 Å². The van der Waals surface area contributed by atoms with Crippen LogP contribution < -0.4 is 10.2 Å². The van der Waals surface area contributed by atoms with E-state index in [1.807, 2.05) is 0 Å². The van der Waals surface area contributed by atoms with Crippen molar-refractivity contribution in [2.75, 3.05) is 7.11 Å². The molecule has 0 N–H and O–H groups in total. The van der Waals surface area contributed by atoms with Gasteiger partial charge >= 0.3 is 0 Å². The van der Waals surface area contributed by atoms with Crippen molar-refractivity contribution in [1.82, 2.24) is 0 Å². The minimum Gasteiger partial charge on any atom is -0.497 e. The molecule has 0 heterocycles. The number of hydrogen-bond acceptors (Lipinski definition) is 1. The van der Waals surface area contributed by atoms with Gasteiger partial charge in [0.05, 0.1) is 7.11 Å². The Bertz CT molecular complexity index is 704. The van der Waals surface area contributed by atoms with Crippen LogP contribution in [0.2, 0.25) is 0 Å². The molecule has 0 bridgehead atoms. The van der Waals surface area contributed by atoms with Crippen molar-refractivity contribution in [2.24, 2.45) is 0 Å². The first-order valence-corrected chi connectivity index (χ1v) is 5.77. The Kier molecular flexibility index (Phi) is 2.29. The van der Waals surface area contributed by atoms with Crippen molar-refractivity contribution < 1.29 is 4.74 Å². The molecule has 0 unspecified atom stereocenters. The summed E-state index contributed by atoms with van der Waals surface area (Å²) in [6, 6.07) is 16.9. The fraction of sp³-hybridized carbons (Fsp3) is 0.0667. The Morgan fingerprint density at radius 2 is 1.24 bits per heavy atom. The van der Waals surface area contributed by atoms with Crippen LogP contribution in [0.5, 0.6) is 5.75 Å². The van der Waals surface area contributed by atoms with Crippen molar-refractivity contribution in [3.63, 3.8) is 0 Å². The van der Waals surface area contributed by atoms with E-state index < -0.39 is 0 Å². The molecule has 0 aliphatic rings. The third kappa shape index (κ3) is 1.41. The quantitative estimate of drug-likeness (QED) is 0.451. The standard InChI is InChI=1S/C15H13BO/c1-17-15-13-9-5-3-7-11(13)10-6-2-4-8-12(10)14(15)16/h2-9H,16H2,1H3. The summed E-state index contributed by atoms with van der Waals surface area (Å²) in [5, 5.41) is 5.00. The van der Waals surface area contributed by atoms with E-state index in [2.05, 4.69) is 56.4 Å². The topological polar surface area (TPSA) is 9.23 Å². The van der Waals surface area contributed by atoms with E-state index in [-0.39, 0.29) is 0 Å². The van der Waals surface area contributed by atoms with Gasteiger partial charge in [0.15, 0.2) is 0 Å². The van der Waals surface area contributed by atoms with E-state index >= 15 is 0 Å². The zero-order chi connectivity index (χ0) is 11.8. The molecule has 0 spiro atoms. The number of fused-ring (bicyclic) bond motifs is 3. The van der Waals surface area contributed by atoms with Gasteiger partial charge in [-0.2, -0.15) is 0 Å².